The first kappa shape index (κ1) is 14.3. The number of aromatic nitrogens is 1. The highest BCUT2D eigenvalue weighted by molar-refractivity contribution is 7.13. The summed E-state index contributed by atoms with van der Waals surface area (Å²) in [4.78, 5) is 15.6. The van der Waals surface area contributed by atoms with Crippen molar-refractivity contribution in [2.45, 2.75) is 13.1 Å². The van der Waals surface area contributed by atoms with Crippen molar-refractivity contribution in [3.05, 3.63) is 40.4 Å². The number of amides is 1. The van der Waals surface area contributed by atoms with E-state index in [9.17, 15) is 18.0 Å². The fraction of sp³-hybridized carbons (Fsp3) is 0.167. The number of carbonyl (C=O) groups is 1. The normalized spacial score (nSPS) is 11.4. The first-order valence-electron chi connectivity index (χ1n) is 5.47. The number of hydrogen-bond acceptors (Lipinski definition) is 4. The quantitative estimate of drug-likeness (QED) is 0.894. The highest BCUT2D eigenvalue weighted by Gasteiger charge is 2.31. The SMILES string of the molecule is Cc1ccc(C(F)(F)F)cc1NC(=O)c1csc(N)n1. The number of carbonyl (C=O) groups excluding carboxylic acids is 1. The number of alkyl halides is 3. The molecule has 0 bridgehead atoms. The molecule has 0 aliphatic rings. The summed E-state index contributed by atoms with van der Waals surface area (Å²) < 4.78 is 37.9. The summed E-state index contributed by atoms with van der Waals surface area (Å²) in [6.07, 6.45) is -4.46. The molecule has 1 aromatic carbocycles. The van der Waals surface area contributed by atoms with Crippen molar-refractivity contribution in [3.63, 3.8) is 0 Å². The monoisotopic (exact) mass is 301 g/mol. The van der Waals surface area contributed by atoms with Crippen LogP contribution in [0.1, 0.15) is 21.6 Å². The second-order valence-corrected chi connectivity index (χ2v) is 4.94. The highest BCUT2D eigenvalue weighted by atomic mass is 32.1. The largest absolute Gasteiger partial charge is 0.416 e. The zero-order chi connectivity index (χ0) is 14.9. The molecular weight excluding hydrogens is 291 g/mol. The van der Waals surface area contributed by atoms with Crippen LogP contribution < -0.4 is 11.1 Å². The minimum absolute atomic E-state index is 0.0734. The molecule has 0 saturated heterocycles. The Morgan fingerprint density at radius 3 is 2.65 bits per heavy atom. The smallest absolute Gasteiger partial charge is 0.375 e. The van der Waals surface area contributed by atoms with E-state index < -0.39 is 17.6 Å². The average Bonchev–Trinajstić information content (AvgIpc) is 2.77. The van der Waals surface area contributed by atoms with Gasteiger partial charge in [-0.2, -0.15) is 13.2 Å². The molecule has 8 heteroatoms. The van der Waals surface area contributed by atoms with Gasteiger partial charge in [-0.25, -0.2) is 4.98 Å². The average molecular weight is 301 g/mol. The van der Waals surface area contributed by atoms with E-state index in [1.54, 1.807) is 6.92 Å². The van der Waals surface area contributed by atoms with Crippen molar-refractivity contribution < 1.29 is 18.0 Å². The van der Waals surface area contributed by atoms with Gasteiger partial charge in [-0.1, -0.05) is 6.07 Å². The van der Waals surface area contributed by atoms with Gasteiger partial charge in [0.15, 0.2) is 5.13 Å². The van der Waals surface area contributed by atoms with E-state index in [1.165, 1.54) is 11.4 Å². The van der Waals surface area contributed by atoms with Crippen molar-refractivity contribution in [1.29, 1.82) is 0 Å². The Balaban J connectivity index is 2.27. The summed E-state index contributed by atoms with van der Waals surface area (Å²) in [6.45, 7) is 1.60. The molecule has 1 amide bonds. The summed E-state index contributed by atoms with van der Waals surface area (Å²) >= 11 is 1.08. The molecule has 0 saturated carbocycles. The lowest BCUT2D eigenvalue weighted by Crippen LogP contribution is -2.14. The van der Waals surface area contributed by atoms with Crippen molar-refractivity contribution >= 4 is 28.1 Å². The molecule has 106 valence electrons. The molecule has 2 aromatic rings. The predicted molar refractivity (Wildman–Crippen MR) is 70.7 cm³/mol. The Morgan fingerprint density at radius 2 is 2.10 bits per heavy atom. The van der Waals surface area contributed by atoms with Crippen LogP contribution >= 0.6 is 11.3 Å². The van der Waals surface area contributed by atoms with Crippen LogP contribution in [0.5, 0.6) is 0 Å². The van der Waals surface area contributed by atoms with Crippen LogP contribution in [-0.4, -0.2) is 10.9 Å². The van der Waals surface area contributed by atoms with Crippen LogP contribution in [0.4, 0.5) is 24.0 Å². The fourth-order valence-electron chi connectivity index (χ4n) is 1.51. The molecule has 4 nitrogen and oxygen atoms in total. The van der Waals surface area contributed by atoms with Gasteiger partial charge in [0, 0.05) is 11.1 Å². The molecule has 0 fully saturated rings. The molecule has 3 N–H and O–H groups in total. The number of halogens is 3. The maximum Gasteiger partial charge on any atom is 0.416 e. The van der Waals surface area contributed by atoms with Gasteiger partial charge in [0.2, 0.25) is 0 Å². The lowest BCUT2D eigenvalue weighted by molar-refractivity contribution is -0.137. The number of benzene rings is 1. The van der Waals surface area contributed by atoms with Crippen molar-refractivity contribution in [3.8, 4) is 0 Å². The van der Waals surface area contributed by atoms with Gasteiger partial charge in [0.1, 0.15) is 5.69 Å². The van der Waals surface area contributed by atoms with E-state index in [1.807, 2.05) is 0 Å². The third-order valence-corrected chi connectivity index (χ3v) is 3.24. The van der Waals surface area contributed by atoms with Crippen LogP contribution in [0.3, 0.4) is 0 Å². The maximum atomic E-state index is 12.6. The first-order valence-corrected chi connectivity index (χ1v) is 6.35. The van der Waals surface area contributed by atoms with Crippen LogP contribution in [0.2, 0.25) is 0 Å². The van der Waals surface area contributed by atoms with E-state index >= 15 is 0 Å². The summed E-state index contributed by atoms with van der Waals surface area (Å²) in [7, 11) is 0. The summed E-state index contributed by atoms with van der Waals surface area (Å²) in [5, 5.41) is 4.06. The van der Waals surface area contributed by atoms with Crippen LogP contribution in [-0.2, 0) is 6.18 Å². The van der Waals surface area contributed by atoms with Crippen molar-refractivity contribution in [2.24, 2.45) is 0 Å². The number of rotatable bonds is 2. The zero-order valence-electron chi connectivity index (χ0n) is 10.3. The van der Waals surface area contributed by atoms with E-state index in [0.717, 1.165) is 23.5 Å². The van der Waals surface area contributed by atoms with Crippen LogP contribution in [0, 0.1) is 6.92 Å². The maximum absolute atomic E-state index is 12.6. The third-order valence-electron chi connectivity index (χ3n) is 2.57. The number of hydrogen-bond donors (Lipinski definition) is 2. The Bertz CT molecular complexity index is 652. The Labute approximate surface area is 116 Å². The van der Waals surface area contributed by atoms with E-state index in [2.05, 4.69) is 10.3 Å². The number of nitrogen functional groups attached to an aromatic ring is 1. The van der Waals surface area contributed by atoms with Gasteiger partial charge < -0.3 is 11.1 Å². The van der Waals surface area contributed by atoms with Gasteiger partial charge >= 0.3 is 6.18 Å². The molecule has 20 heavy (non-hydrogen) atoms. The van der Waals surface area contributed by atoms with Crippen LogP contribution in [0.15, 0.2) is 23.6 Å². The molecule has 1 heterocycles. The molecule has 0 radical (unpaired) electrons. The second-order valence-electron chi connectivity index (χ2n) is 4.05. The molecule has 0 unspecified atom stereocenters. The number of thiazole rings is 1. The summed E-state index contributed by atoms with van der Waals surface area (Å²) in [6, 6.07) is 3.16. The van der Waals surface area contributed by atoms with Gasteiger partial charge in [0.05, 0.1) is 5.56 Å². The second kappa shape index (κ2) is 5.12. The topological polar surface area (TPSA) is 68.0 Å². The summed E-state index contributed by atoms with van der Waals surface area (Å²) in [5.74, 6) is -0.597. The molecule has 1 aromatic heterocycles. The predicted octanol–water partition coefficient (Wildman–Crippen LogP) is 3.30. The van der Waals surface area contributed by atoms with E-state index in [4.69, 9.17) is 5.73 Å². The van der Waals surface area contributed by atoms with E-state index in [-0.39, 0.29) is 16.5 Å². The van der Waals surface area contributed by atoms with E-state index in [0.29, 0.717) is 5.56 Å². The van der Waals surface area contributed by atoms with Crippen molar-refractivity contribution in [1.82, 2.24) is 4.98 Å². The minimum atomic E-state index is -4.46. The Morgan fingerprint density at radius 1 is 1.40 bits per heavy atom. The first-order chi connectivity index (χ1) is 9.27. The van der Waals surface area contributed by atoms with Gasteiger partial charge in [-0.3, -0.25) is 4.79 Å². The molecule has 0 spiro atoms. The van der Waals surface area contributed by atoms with Gasteiger partial charge in [-0.15, -0.1) is 11.3 Å². The minimum Gasteiger partial charge on any atom is -0.375 e. The highest BCUT2D eigenvalue weighted by Crippen LogP contribution is 2.32. The summed E-state index contributed by atoms with van der Waals surface area (Å²) in [5.41, 5.74) is 5.27. The molecular formula is C12H10F3N3OS. The lowest BCUT2D eigenvalue weighted by atomic mass is 10.1. The number of nitrogens with two attached hydrogens (primary N) is 1. The Kier molecular flexibility index (Phi) is 3.67. The lowest BCUT2D eigenvalue weighted by Gasteiger charge is -2.11. The van der Waals surface area contributed by atoms with Crippen molar-refractivity contribution in [2.75, 3.05) is 11.1 Å². The van der Waals surface area contributed by atoms with Gasteiger partial charge in [-0.05, 0) is 24.6 Å². The molecule has 0 atom stereocenters. The van der Waals surface area contributed by atoms with Crippen LogP contribution in [0.25, 0.3) is 0 Å². The molecule has 2 rings (SSSR count). The zero-order valence-corrected chi connectivity index (χ0v) is 11.1. The Hall–Kier alpha value is -2.09. The number of nitrogens with one attached hydrogen (secondary N) is 1. The number of aryl methyl sites for hydroxylation is 1. The van der Waals surface area contributed by atoms with Gasteiger partial charge in [0.25, 0.3) is 5.91 Å². The third kappa shape index (κ3) is 3.08. The standard InChI is InChI=1S/C12H10F3N3OS/c1-6-2-3-7(12(13,14)15)4-8(6)17-10(19)9-5-20-11(16)18-9/h2-5H,1H3,(H2,16,18)(H,17,19). The number of anilines is 2. The molecule has 0 aliphatic carbocycles. The fourth-order valence-corrected chi connectivity index (χ4v) is 2.05. The molecule has 0 aliphatic heterocycles. The number of nitrogens with zero attached hydrogens (tertiary/aromatic N) is 1.